The molecule has 0 aliphatic carbocycles. The highest BCUT2D eigenvalue weighted by Crippen LogP contribution is 2.16. The fraction of sp³-hybridized carbons (Fsp3) is 0.0952. The fourth-order valence-electron chi connectivity index (χ4n) is 2.35. The van der Waals surface area contributed by atoms with Crippen molar-refractivity contribution in [2.24, 2.45) is 0 Å². The molecule has 0 aliphatic rings. The van der Waals surface area contributed by atoms with E-state index in [0.29, 0.717) is 5.56 Å². The molecular formula is C21H16FNO2. The van der Waals surface area contributed by atoms with E-state index in [4.69, 9.17) is 4.74 Å². The Labute approximate surface area is 145 Å². The molecule has 3 rings (SSSR count). The predicted molar refractivity (Wildman–Crippen MR) is 96.0 cm³/mol. The van der Waals surface area contributed by atoms with E-state index in [1.807, 2.05) is 36.4 Å². The minimum atomic E-state index is -0.422. The normalized spacial score (nSPS) is 9.96. The summed E-state index contributed by atoms with van der Waals surface area (Å²) < 4.78 is 18.6. The monoisotopic (exact) mass is 333 g/mol. The van der Waals surface area contributed by atoms with E-state index in [1.54, 1.807) is 24.3 Å². The van der Waals surface area contributed by atoms with E-state index < -0.39 is 5.82 Å². The summed E-state index contributed by atoms with van der Waals surface area (Å²) in [6.45, 7) is 0.263. The third-order valence-electron chi connectivity index (χ3n) is 3.61. The summed E-state index contributed by atoms with van der Waals surface area (Å²) in [6, 6.07) is 19.6. The van der Waals surface area contributed by atoms with Crippen molar-refractivity contribution in [3.63, 3.8) is 0 Å². The predicted octanol–water partition coefficient (Wildman–Crippen LogP) is 3.79. The molecule has 4 heteroatoms. The second-order valence-electron chi connectivity index (χ2n) is 5.32. The molecule has 25 heavy (non-hydrogen) atoms. The second-order valence-corrected chi connectivity index (χ2v) is 5.32. The zero-order valence-electron chi connectivity index (χ0n) is 13.5. The van der Waals surface area contributed by atoms with Crippen LogP contribution in [-0.4, -0.2) is 19.1 Å². The average molecular weight is 333 g/mol. The van der Waals surface area contributed by atoms with Crippen LogP contribution in [0.25, 0.3) is 10.8 Å². The molecule has 0 saturated heterocycles. The zero-order valence-corrected chi connectivity index (χ0v) is 13.5. The number of carbonyl (C=O) groups excluding carboxylic acids is 1. The lowest BCUT2D eigenvalue weighted by Gasteiger charge is -2.04. The molecule has 0 bridgehead atoms. The van der Waals surface area contributed by atoms with Gasteiger partial charge in [0.1, 0.15) is 6.61 Å². The van der Waals surface area contributed by atoms with Crippen molar-refractivity contribution in [3.05, 3.63) is 78.1 Å². The molecule has 0 heterocycles. The maximum absolute atomic E-state index is 13.3. The maximum atomic E-state index is 13.3. The molecule has 0 unspecified atom stereocenters. The first kappa shape index (κ1) is 16.5. The van der Waals surface area contributed by atoms with Crippen LogP contribution in [0, 0.1) is 17.7 Å². The van der Waals surface area contributed by atoms with Gasteiger partial charge in [0.2, 0.25) is 0 Å². The number of hydrogen-bond donors (Lipinski definition) is 1. The molecule has 0 fully saturated rings. The molecule has 124 valence electrons. The average Bonchev–Trinajstić information content (AvgIpc) is 2.65. The van der Waals surface area contributed by atoms with Crippen molar-refractivity contribution in [1.29, 1.82) is 0 Å². The van der Waals surface area contributed by atoms with Crippen molar-refractivity contribution in [2.75, 3.05) is 13.2 Å². The largest absolute Gasteiger partial charge is 0.478 e. The Balaban J connectivity index is 1.50. The van der Waals surface area contributed by atoms with Gasteiger partial charge in [-0.05, 0) is 35.0 Å². The number of halogens is 1. The molecule has 0 aromatic heterocycles. The number of fused-ring (bicyclic) bond motifs is 1. The Hall–Kier alpha value is -3.32. The van der Waals surface area contributed by atoms with Gasteiger partial charge in [-0.2, -0.15) is 0 Å². The van der Waals surface area contributed by atoms with Gasteiger partial charge < -0.3 is 10.1 Å². The van der Waals surface area contributed by atoms with Gasteiger partial charge in [-0.15, -0.1) is 0 Å². The summed E-state index contributed by atoms with van der Waals surface area (Å²) in [7, 11) is 0. The molecule has 0 aliphatic heterocycles. The molecular weight excluding hydrogens is 317 g/mol. The first-order chi connectivity index (χ1) is 12.2. The number of ether oxygens (including phenoxy) is 1. The van der Waals surface area contributed by atoms with E-state index in [0.717, 1.165) is 10.8 Å². The van der Waals surface area contributed by atoms with E-state index in [1.165, 1.54) is 6.07 Å². The smallest absolute Gasteiger partial charge is 0.252 e. The van der Waals surface area contributed by atoms with Crippen molar-refractivity contribution < 1.29 is 13.9 Å². The highest BCUT2D eigenvalue weighted by Gasteiger charge is 2.04. The van der Waals surface area contributed by atoms with E-state index >= 15 is 0 Å². The first-order valence-corrected chi connectivity index (χ1v) is 7.84. The third-order valence-corrected chi connectivity index (χ3v) is 3.61. The molecule has 0 radical (unpaired) electrons. The summed E-state index contributed by atoms with van der Waals surface area (Å²) >= 11 is 0. The summed E-state index contributed by atoms with van der Waals surface area (Å²) in [5, 5.41) is 4.83. The lowest BCUT2D eigenvalue weighted by atomic mass is 10.1. The van der Waals surface area contributed by atoms with Crippen molar-refractivity contribution >= 4 is 16.7 Å². The number of hydrogen-bond acceptors (Lipinski definition) is 2. The Bertz CT molecular complexity index is 957. The number of para-hydroxylation sites is 1. The third kappa shape index (κ3) is 4.36. The summed E-state index contributed by atoms with van der Waals surface area (Å²) in [5.41, 5.74) is 0.586. The molecule has 0 saturated carbocycles. The number of nitrogens with one attached hydrogen (secondary N) is 1. The van der Waals surface area contributed by atoms with Gasteiger partial charge in [0.05, 0.1) is 6.54 Å². The molecule has 1 N–H and O–H groups in total. The summed E-state index contributed by atoms with van der Waals surface area (Å²) in [6.07, 6.45) is 0. The van der Waals surface area contributed by atoms with Crippen molar-refractivity contribution in [2.45, 2.75) is 0 Å². The lowest BCUT2D eigenvalue weighted by molar-refractivity contribution is 0.0959. The number of rotatable bonds is 4. The zero-order chi connectivity index (χ0) is 17.5. The number of amides is 1. The van der Waals surface area contributed by atoms with Gasteiger partial charge in [-0.1, -0.05) is 54.3 Å². The molecule has 1 amide bonds. The van der Waals surface area contributed by atoms with Gasteiger partial charge in [0.25, 0.3) is 5.91 Å². The maximum Gasteiger partial charge on any atom is 0.252 e. The van der Waals surface area contributed by atoms with Crippen LogP contribution in [0.1, 0.15) is 10.4 Å². The summed E-state index contributed by atoms with van der Waals surface area (Å²) in [5.74, 6) is 5.08. The fourth-order valence-corrected chi connectivity index (χ4v) is 2.35. The van der Waals surface area contributed by atoms with Crippen LogP contribution in [0.4, 0.5) is 4.39 Å². The van der Waals surface area contributed by atoms with Gasteiger partial charge in [0.15, 0.2) is 11.6 Å². The highest BCUT2D eigenvalue weighted by atomic mass is 19.1. The van der Waals surface area contributed by atoms with Crippen molar-refractivity contribution in [1.82, 2.24) is 5.32 Å². The topological polar surface area (TPSA) is 38.3 Å². The minimum Gasteiger partial charge on any atom is -0.478 e. The van der Waals surface area contributed by atoms with Gasteiger partial charge in [0, 0.05) is 5.56 Å². The minimum absolute atomic E-state index is 0.0623. The SMILES string of the molecule is O=C(NCC#CCOc1ccccc1F)c1ccc2ccccc2c1. The van der Waals surface area contributed by atoms with E-state index in [2.05, 4.69) is 17.2 Å². The van der Waals surface area contributed by atoms with Crippen LogP contribution in [-0.2, 0) is 0 Å². The van der Waals surface area contributed by atoms with Crippen LogP contribution in [0.15, 0.2) is 66.7 Å². The highest BCUT2D eigenvalue weighted by molar-refractivity contribution is 5.98. The molecule has 0 spiro atoms. The van der Waals surface area contributed by atoms with Crippen LogP contribution < -0.4 is 10.1 Å². The summed E-state index contributed by atoms with van der Waals surface area (Å²) in [4.78, 5) is 12.1. The van der Waals surface area contributed by atoms with Crippen LogP contribution in [0.2, 0.25) is 0 Å². The van der Waals surface area contributed by atoms with E-state index in [-0.39, 0.29) is 24.8 Å². The standard InChI is InChI=1S/C21H16FNO2/c22-19-9-3-4-10-20(19)25-14-6-5-13-23-21(24)18-12-11-16-7-1-2-8-17(16)15-18/h1-4,7-12,15H,13-14H2,(H,23,24). The molecule has 3 aromatic rings. The van der Waals surface area contributed by atoms with Crippen molar-refractivity contribution in [3.8, 4) is 17.6 Å². The Morgan fingerprint density at radius 1 is 0.960 bits per heavy atom. The molecule has 3 aromatic carbocycles. The van der Waals surface area contributed by atoms with Gasteiger partial charge in [-0.3, -0.25) is 4.79 Å². The Kier molecular flexibility index (Phi) is 5.28. The van der Waals surface area contributed by atoms with E-state index in [9.17, 15) is 9.18 Å². The quantitative estimate of drug-likeness (QED) is 0.738. The molecule has 0 atom stereocenters. The second kappa shape index (κ2) is 7.98. The number of carbonyl (C=O) groups is 1. The van der Waals surface area contributed by atoms with Crippen LogP contribution in [0.3, 0.4) is 0 Å². The number of benzene rings is 3. The lowest BCUT2D eigenvalue weighted by Crippen LogP contribution is -2.23. The Morgan fingerprint density at radius 2 is 1.72 bits per heavy atom. The Morgan fingerprint density at radius 3 is 2.56 bits per heavy atom. The van der Waals surface area contributed by atoms with Crippen LogP contribution in [0.5, 0.6) is 5.75 Å². The van der Waals surface area contributed by atoms with Gasteiger partial charge >= 0.3 is 0 Å². The van der Waals surface area contributed by atoms with Crippen LogP contribution >= 0.6 is 0 Å². The first-order valence-electron chi connectivity index (χ1n) is 7.84. The molecule has 3 nitrogen and oxygen atoms in total. The van der Waals surface area contributed by atoms with Gasteiger partial charge in [-0.25, -0.2) is 4.39 Å².